The molecule has 1 heterocycles. The smallest absolute Gasteiger partial charge is 0.145 e. The van der Waals surface area contributed by atoms with Gasteiger partial charge in [-0.2, -0.15) is 0 Å². The maximum atomic E-state index is 6.23. The Morgan fingerprint density at radius 1 is 1.19 bits per heavy atom. The number of halogens is 1. The van der Waals surface area contributed by atoms with Crippen molar-refractivity contribution < 1.29 is 9.47 Å². The summed E-state index contributed by atoms with van der Waals surface area (Å²) in [5, 5.41) is 4.19. The number of benzene rings is 1. The zero-order chi connectivity index (χ0) is 15.2. The number of likely N-dealkylation sites (tertiary alicyclic amines) is 1. The Morgan fingerprint density at radius 3 is 2.62 bits per heavy atom. The van der Waals surface area contributed by atoms with Gasteiger partial charge in [-0.25, -0.2) is 0 Å². The molecule has 21 heavy (non-hydrogen) atoms. The Balaban J connectivity index is 2.09. The van der Waals surface area contributed by atoms with Crippen molar-refractivity contribution in [3.8, 4) is 11.5 Å². The number of nitrogens with one attached hydrogen (secondary N) is 1. The lowest BCUT2D eigenvalue weighted by Gasteiger charge is -2.21. The Bertz CT molecular complexity index is 468. The van der Waals surface area contributed by atoms with Gasteiger partial charge in [0.2, 0.25) is 0 Å². The average Bonchev–Trinajstić information content (AvgIpc) is 2.73. The van der Waals surface area contributed by atoms with Crippen molar-refractivity contribution in [2.75, 3.05) is 39.2 Å². The average molecular weight is 313 g/mol. The standard InChI is InChI=1S/C16H25ClN2O2/c1-4-19-8-5-6-12(7-9-19)18-14-10-13(17)15(20-2)11-16(14)21-3/h10-12,18H,4-9H2,1-3H3. The molecular formula is C16H25ClN2O2. The summed E-state index contributed by atoms with van der Waals surface area (Å²) in [7, 11) is 3.28. The van der Waals surface area contributed by atoms with Crippen LogP contribution in [-0.4, -0.2) is 44.8 Å². The van der Waals surface area contributed by atoms with Gasteiger partial charge in [-0.15, -0.1) is 0 Å². The second-order valence-electron chi connectivity index (χ2n) is 5.39. The van der Waals surface area contributed by atoms with Gasteiger partial charge in [0.1, 0.15) is 11.5 Å². The van der Waals surface area contributed by atoms with E-state index in [0.29, 0.717) is 16.8 Å². The minimum Gasteiger partial charge on any atom is -0.495 e. The molecular weight excluding hydrogens is 288 g/mol. The highest BCUT2D eigenvalue weighted by Gasteiger charge is 2.18. The number of hydrogen-bond donors (Lipinski definition) is 1. The SMILES string of the molecule is CCN1CCCC(Nc2cc(Cl)c(OC)cc2OC)CC1. The van der Waals surface area contributed by atoms with Gasteiger partial charge in [-0.05, 0) is 38.4 Å². The van der Waals surface area contributed by atoms with E-state index in [0.717, 1.165) is 30.9 Å². The number of anilines is 1. The molecule has 1 atom stereocenters. The molecule has 1 aromatic carbocycles. The van der Waals surface area contributed by atoms with E-state index in [9.17, 15) is 0 Å². The van der Waals surface area contributed by atoms with E-state index in [4.69, 9.17) is 21.1 Å². The third-order valence-corrected chi connectivity index (χ3v) is 4.40. The molecule has 0 bridgehead atoms. The predicted octanol–water partition coefficient (Wildman–Crippen LogP) is 3.64. The molecule has 1 aromatic rings. The number of ether oxygens (including phenoxy) is 2. The van der Waals surface area contributed by atoms with Crippen molar-refractivity contribution in [2.45, 2.75) is 32.2 Å². The normalized spacial score (nSPS) is 19.9. The molecule has 1 saturated heterocycles. The van der Waals surface area contributed by atoms with Crippen LogP contribution in [0.1, 0.15) is 26.2 Å². The van der Waals surface area contributed by atoms with Crippen LogP contribution in [0.5, 0.6) is 11.5 Å². The van der Waals surface area contributed by atoms with E-state index >= 15 is 0 Å². The number of methoxy groups -OCH3 is 2. The monoisotopic (exact) mass is 312 g/mol. The fourth-order valence-corrected chi connectivity index (χ4v) is 3.05. The Labute approximate surface area is 132 Å². The summed E-state index contributed by atoms with van der Waals surface area (Å²) in [6.45, 7) is 5.68. The predicted molar refractivity (Wildman–Crippen MR) is 87.9 cm³/mol. The van der Waals surface area contributed by atoms with E-state index < -0.39 is 0 Å². The van der Waals surface area contributed by atoms with Gasteiger partial charge in [-0.3, -0.25) is 0 Å². The maximum Gasteiger partial charge on any atom is 0.145 e. The van der Waals surface area contributed by atoms with Crippen LogP contribution in [0.15, 0.2) is 12.1 Å². The Hall–Kier alpha value is -1.13. The third-order valence-electron chi connectivity index (χ3n) is 4.10. The zero-order valence-corrected chi connectivity index (χ0v) is 13.9. The van der Waals surface area contributed by atoms with Crippen LogP contribution in [0, 0.1) is 0 Å². The molecule has 0 radical (unpaired) electrons. The van der Waals surface area contributed by atoms with Gasteiger partial charge in [0.25, 0.3) is 0 Å². The van der Waals surface area contributed by atoms with Gasteiger partial charge in [0, 0.05) is 18.7 Å². The second kappa shape index (κ2) is 7.76. The van der Waals surface area contributed by atoms with E-state index in [1.807, 2.05) is 12.1 Å². The van der Waals surface area contributed by atoms with Crippen LogP contribution >= 0.6 is 11.6 Å². The molecule has 0 amide bonds. The van der Waals surface area contributed by atoms with E-state index in [1.165, 1.54) is 19.4 Å². The molecule has 0 aliphatic carbocycles. The summed E-state index contributed by atoms with van der Waals surface area (Å²) in [4.78, 5) is 2.50. The summed E-state index contributed by atoms with van der Waals surface area (Å²) >= 11 is 6.23. The largest absolute Gasteiger partial charge is 0.495 e. The van der Waals surface area contributed by atoms with Gasteiger partial charge < -0.3 is 19.7 Å². The second-order valence-corrected chi connectivity index (χ2v) is 5.80. The minimum absolute atomic E-state index is 0.458. The first-order valence-corrected chi connectivity index (χ1v) is 7.96. The molecule has 118 valence electrons. The third kappa shape index (κ3) is 4.17. The molecule has 1 fully saturated rings. The van der Waals surface area contributed by atoms with E-state index in [-0.39, 0.29) is 0 Å². The van der Waals surface area contributed by atoms with Gasteiger partial charge >= 0.3 is 0 Å². The van der Waals surface area contributed by atoms with Crippen LogP contribution in [-0.2, 0) is 0 Å². The maximum absolute atomic E-state index is 6.23. The first kappa shape index (κ1) is 16.2. The molecule has 4 nitrogen and oxygen atoms in total. The van der Waals surface area contributed by atoms with Gasteiger partial charge in [0.15, 0.2) is 0 Å². The topological polar surface area (TPSA) is 33.7 Å². The Morgan fingerprint density at radius 2 is 1.95 bits per heavy atom. The molecule has 1 N–H and O–H groups in total. The van der Waals surface area contributed by atoms with Crippen molar-refractivity contribution in [1.29, 1.82) is 0 Å². The zero-order valence-electron chi connectivity index (χ0n) is 13.1. The van der Waals surface area contributed by atoms with Crippen molar-refractivity contribution in [3.05, 3.63) is 17.2 Å². The fraction of sp³-hybridized carbons (Fsp3) is 0.625. The molecule has 0 aromatic heterocycles. The summed E-state index contributed by atoms with van der Waals surface area (Å²) in [5.41, 5.74) is 0.943. The highest BCUT2D eigenvalue weighted by molar-refractivity contribution is 6.32. The number of nitrogens with zero attached hydrogens (tertiary/aromatic N) is 1. The van der Waals surface area contributed by atoms with Crippen LogP contribution in [0.25, 0.3) is 0 Å². The van der Waals surface area contributed by atoms with E-state index in [1.54, 1.807) is 14.2 Å². The van der Waals surface area contributed by atoms with Crippen molar-refractivity contribution >= 4 is 17.3 Å². The lowest BCUT2D eigenvalue weighted by atomic mass is 10.1. The highest BCUT2D eigenvalue weighted by Crippen LogP contribution is 2.36. The lowest BCUT2D eigenvalue weighted by Crippen LogP contribution is -2.26. The van der Waals surface area contributed by atoms with Crippen LogP contribution in [0.4, 0.5) is 5.69 Å². The van der Waals surface area contributed by atoms with E-state index in [2.05, 4.69) is 17.1 Å². The minimum atomic E-state index is 0.458. The summed E-state index contributed by atoms with van der Waals surface area (Å²) in [6, 6.07) is 4.18. The first-order chi connectivity index (χ1) is 10.2. The molecule has 5 heteroatoms. The Kier molecular flexibility index (Phi) is 6.00. The molecule has 0 spiro atoms. The molecule has 0 saturated carbocycles. The van der Waals surface area contributed by atoms with Crippen molar-refractivity contribution in [3.63, 3.8) is 0 Å². The molecule has 1 aliphatic rings. The van der Waals surface area contributed by atoms with Gasteiger partial charge in [0.05, 0.1) is 24.9 Å². The van der Waals surface area contributed by atoms with Crippen LogP contribution in [0.3, 0.4) is 0 Å². The van der Waals surface area contributed by atoms with Crippen molar-refractivity contribution in [1.82, 2.24) is 4.90 Å². The summed E-state index contributed by atoms with van der Waals surface area (Å²) in [6.07, 6.45) is 3.53. The fourth-order valence-electron chi connectivity index (χ4n) is 2.81. The van der Waals surface area contributed by atoms with Crippen LogP contribution in [0.2, 0.25) is 5.02 Å². The van der Waals surface area contributed by atoms with Crippen LogP contribution < -0.4 is 14.8 Å². The molecule has 1 unspecified atom stereocenters. The van der Waals surface area contributed by atoms with Crippen molar-refractivity contribution in [2.24, 2.45) is 0 Å². The van der Waals surface area contributed by atoms with Gasteiger partial charge in [-0.1, -0.05) is 18.5 Å². The molecule has 1 aliphatic heterocycles. The molecule has 2 rings (SSSR count). The lowest BCUT2D eigenvalue weighted by molar-refractivity contribution is 0.300. The summed E-state index contributed by atoms with van der Waals surface area (Å²) in [5.74, 6) is 1.41. The first-order valence-electron chi connectivity index (χ1n) is 7.58. The quantitative estimate of drug-likeness (QED) is 0.900. The highest BCUT2D eigenvalue weighted by atomic mass is 35.5. The number of hydrogen-bond acceptors (Lipinski definition) is 4. The number of rotatable bonds is 5. The summed E-state index contributed by atoms with van der Waals surface area (Å²) < 4.78 is 10.7.